The summed E-state index contributed by atoms with van der Waals surface area (Å²) in [6.07, 6.45) is 4.94. The van der Waals surface area contributed by atoms with E-state index < -0.39 is 0 Å². The smallest absolute Gasteiger partial charge is 0.224 e. The van der Waals surface area contributed by atoms with Crippen molar-refractivity contribution < 1.29 is 9.59 Å². The number of rotatable bonds is 4. The number of hydrogen-bond acceptors (Lipinski definition) is 2. The Kier molecular flexibility index (Phi) is 4.02. The monoisotopic (exact) mass is 238 g/mol. The molecule has 2 fully saturated rings. The third-order valence-corrected chi connectivity index (χ3v) is 3.79. The Hall–Kier alpha value is -1.06. The average molecular weight is 238 g/mol. The van der Waals surface area contributed by atoms with Crippen LogP contribution >= 0.6 is 0 Å². The number of amides is 2. The van der Waals surface area contributed by atoms with Crippen LogP contribution in [-0.4, -0.2) is 36.3 Å². The molecule has 4 nitrogen and oxygen atoms in total. The average Bonchev–Trinajstić information content (AvgIpc) is 3.07. The van der Waals surface area contributed by atoms with E-state index in [9.17, 15) is 9.59 Å². The normalized spacial score (nSPS) is 27.7. The van der Waals surface area contributed by atoms with E-state index in [1.54, 1.807) is 0 Å². The van der Waals surface area contributed by atoms with E-state index >= 15 is 0 Å². The van der Waals surface area contributed by atoms with Crippen LogP contribution in [0.1, 0.15) is 39.0 Å². The highest BCUT2D eigenvalue weighted by atomic mass is 16.2. The minimum absolute atomic E-state index is 0.129. The number of carbonyl (C=O) groups excluding carboxylic acids is 2. The third kappa shape index (κ3) is 3.45. The topological polar surface area (TPSA) is 49.4 Å². The van der Waals surface area contributed by atoms with E-state index in [0.29, 0.717) is 18.9 Å². The van der Waals surface area contributed by atoms with Crippen LogP contribution in [-0.2, 0) is 9.59 Å². The fourth-order valence-electron chi connectivity index (χ4n) is 2.41. The van der Waals surface area contributed by atoms with E-state index in [0.717, 1.165) is 32.4 Å². The number of nitrogens with one attached hydrogen (secondary N) is 1. The van der Waals surface area contributed by atoms with E-state index in [2.05, 4.69) is 12.2 Å². The summed E-state index contributed by atoms with van der Waals surface area (Å²) in [7, 11) is 0. The predicted molar refractivity (Wildman–Crippen MR) is 65.3 cm³/mol. The van der Waals surface area contributed by atoms with Crippen LogP contribution in [0.4, 0.5) is 0 Å². The number of carbonyl (C=O) groups is 2. The summed E-state index contributed by atoms with van der Waals surface area (Å²) in [6.45, 7) is 4.37. The van der Waals surface area contributed by atoms with Gasteiger partial charge in [0, 0.05) is 32.0 Å². The first-order chi connectivity index (χ1) is 8.18. The van der Waals surface area contributed by atoms with Crippen molar-refractivity contribution in [1.29, 1.82) is 0 Å². The molecule has 17 heavy (non-hydrogen) atoms. The maximum atomic E-state index is 11.8. The summed E-state index contributed by atoms with van der Waals surface area (Å²) in [4.78, 5) is 25.3. The van der Waals surface area contributed by atoms with Gasteiger partial charge in [-0.2, -0.15) is 0 Å². The van der Waals surface area contributed by atoms with Gasteiger partial charge in [0.15, 0.2) is 0 Å². The van der Waals surface area contributed by atoms with E-state index in [1.807, 2.05) is 4.90 Å². The van der Waals surface area contributed by atoms with Crippen LogP contribution in [0.5, 0.6) is 0 Å². The van der Waals surface area contributed by atoms with Gasteiger partial charge in [-0.3, -0.25) is 9.59 Å². The van der Waals surface area contributed by atoms with Crippen molar-refractivity contribution in [2.24, 2.45) is 11.8 Å². The van der Waals surface area contributed by atoms with Crippen molar-refractivity contribution in [1.82, 2.24) is 10.2 Å². The molecule has 1 aliphatic heterocycles. The summed E-state index contributed by atoms with van der Waals surface area (Å²) < 4.78 is 0. The van der Waals surface area contributed by atoms with Gasteiger partial charge in [-0.05, 0) is 31.6 Å². The van der Waals surface area contributed by atoms with Gasteiger partial charge in [0.05, 0.1) is 0 Å². The van der Waals surface area contributed by atoms with Crippen LogP contribution in [0.15, 0.2) is 0 Å². The molecule has 2 unspecified atom stereocenters. The van der Waals surface area contributed by atoms with Crippen LogP contribution < -0.4 is 5.32 Å². The quantitative estimate of drug-likeness (QED) is 0.799. The van der Waals surface area contributed by atoms with Crippen molar-refractivity contribution in [2.75, 3.05) is 19.6 Å². The molecule has 1 N–H and O–H groups in total. The van der Waals surface area contributed by atoms with Gasteiger partial charge in [0.1, 0.15) is 0 Å². The predicted octanol–water partition coefficient (Wildman–Crippen LogP) is 1.16. The summed E-state index contributed by atoms with van der Waals surface area (Å²) in [5.41, 5.74) is 0. The van der Waals surface area contributed by atoms with Crippen molar-refractivity contribution in [2.45, 2.75) is 39.0 Å². The molecule has 2 rings (SSSR count). The van der Waals surface area contributed by atoms with Gasteiger partial charge >= 0.3 is 0 Å². The second kappa shape index (κ2) is 5.52. The zero-order chi connectivity index (χ0) is 12.3. The lowest BCUT2D eigenvalue weighted by atomic mass is 10.1. The molecule has 1 saturated heterocycles. The lowest BCUT2D eigenvalue weighted by Gasteiger charge is -2.26. The van der Waals surface area contributed by atoms with E-state index in [-0.39, 0.29) is 17.7 Å². The third-order valence-electron chi connectivity index (χ3n) is 3.79. The summed E-state index contributed by atoms with van der Waals surface area (Å²) in [5, 5.41) is 2.86. The first kappa shape index (κ1) is 12.4. The molecular formula is C13H22N2O2. The highest BCUT2D eigenvalue weighted by molar-refractivity contribution is 5.82. The Balaban J connectivity index is 1.60. The van der Waals surface area contributed by atoms with Gasteiger partial charge in [-0.1, -0.05) is 6.92 Å². The van der Waals surface area contributed by atoms with Crippen LogP contribution in [0.2, 0.25) is 0 Å². The van der Waals surface area contributed by atoms with Crippen LogP contribution in [0.25, 0.3) is 0 Å². The Morgan fingerprint density at radius 2 is 1.88 bits per heavy atom. The zero-order valence-electron chi connectivity index (χ0n) is 10.6. The van der Waals surface area contributed by atoms with Crippen molar-refractivity contribution in [3.8, 4) is 0 Å². The first-order valence-electron chi connectivity index (χ1n) is 6.74. The lowest BCUT2D eigenvalue weighted by Crippen LogP contribution is -2.38. The Morgan fingerprint density at radius 1 is 1.24 bits per heavy atom. The molecule has 2 atom stereocenters. The fraction of sp³-hybridized carbons (Fsp3) is 0.846. The molecule has 0 aromatic rings. The molecule has 0 radical (unpaired) electrons. The van der Waals surface area contributed by atoms with Crippen molar-refractivity contribution in [3.63, 3.8) is 0 Å². The largest absolute Gasteiger partial charge is 0.355 e. The van der Waals surface area contributed by atoms with Crippen molar-refractivity contribution in [3.05, 3.63) is 0 Å². The molecule has 96 valence electrons. The van der Waals surface area contributed by atoms with Gasteiger partial charge in [-0.15, -0.1) is 0 Å². The van der Waals surface area contributed by atoms with E-state index in [1.165, 1.54) is 6.42 Å². The molecule has 1 saturated carbocycles. The molecule has 0 bridgehead atoms. The Labute approximate surface area is 103 Å². The number of hydrogen-bond donors (Lipinski definition) is 1. The van der Waals surface area contributed by atoms with Gasteiger partial charge in [0.25, 0.3) is 0 Å². The minimum Gasteiger partial charge on any atom is -0.355 e. The maximum Gasteiger partial charge on any atom is 0.224 e. The lowest BCUT2D eigenvalue weighted by molar-refractivity contribution is -0.132. The molecule has 0 spiro atoms. The maximum absolute atomic E-state index is 11.8. The first-order valence-corrected chi connectivity index (χ1v) is 6.74. The molecule has 2 amide bonds. The summed E-state index contributed by atoms with van der Waals surface area (Å²) in [5.74, 6) is 1.06. The molecule has 2 aliphatic rings. The number of nitrogens with zero attached hydrogens (tertiary/aromatic N) is 1. The fourth-order valence-corrected chi connectivity index (χ4v) is 2.41. The standard InChI is InChI=1S/C13H22N2O2/c1-10-9-11(10)13(17)14-6-5-12(16)15-7-3-2-4-8-15/h10-11H,2-9H2,1H3,(H,14,17). The Morgan fingerprint density at radius 3 is 2.47 bits per heavy atom. The Bertz CT molecular complexity index is 298. The van der Waals surface area contributed by atoms with E-state index in [4.69, 9.17) is 0 Å². The molecule has 0 aromatic heterocycles. The highest BCUT2D eigenvalue weighted by Crippen LogP contribution is 2.37. The number of piperidine rings is 1. The summed E-state index contributed by atoms with van der Waals surface area (Å²) >= 11 is 0. The minimum atomic E-state index is 0.129. The second-order valence-electron chi connectivity index (χ2n) is 5.30. The summed E-state index contributed by atoms with van der Waals surface area (Å²) in [6, 6.07) is 0. The molecule has 4 heteroatoms. The van der Waals surface area contributed by atoms with Crippen LogP contribution in [0, 0.1) is 11.8 Å². The van der Waals surface area contributed by atoms with Crippen molar-refractivity contribution >= 4 is 11.8 Å². The molecule has 0 aromatic carbocycles. The zero-order valence-corrected chi connectivity index (χ0v) is 10.6. The molecular weight excluding hydrogens is 216 g/mol. The number of likely N-dealkylation sites (tertiary alicyclic amines) is 1. The molecule has 1 aliphatic carbocycles. The van der Waals surface area contributed by atoms with Crippen LogP contribution in [0.3, 0.4) is 0 Å². The second-order valence-corrected chi connectivity index (χ2v) is 5.30. The highest BCUT2D eigenvalue weighted by Gasteiger charge is 2.38. The van der Waals surface area contributed by atoms with Gasteiger partial charge in [-0.25, -0.2) is 0 Å². The SMILES string of the molecule is CC1CC1C(=O)NCCC(=O)N1CCCCC1. The van der Waals surface area contributed by atoms with Gasteiger partial charge in [0.2, 0.25) is 11.8 Å². The molecule has 1 heterocycles. The van der Waals surface area contributed by atoms with Gasteiger partial charge < -0.3 is 10.2 Å².